The first-order valence-electron chi connectivity index (χ1n) is 4.18. The van der Waals surface area contributed by atoms with Crippen molar-refractivity contribution >= 4 is 38.8 Å². The van der Waals surface area contributed by atoms with Crippen molar-refractivity contribution in [1.29, 1.82) is 0 Å². The van der Waals surface area contributed by atoms with E-state index in [2.05, 4.69) is 21.2 Å². The molecule has 0 amide bonds. The zero-order chi connectivity index (χ0) is 12.1. The van der Waals surface area contributed by atoms with Crippen LogP contribution in [0.4, 0.5) is 23.2 Å². The number of thiocarbonyl (C=S) groups is 1. The van der Waals surface area contributed by atoms with Crippen LogP contribution in [0.2, 0.25) is 0 Å². The molecule has 7 heteroatoms. The summed E-state index contributed by atoms with van der Waals surface area (Å²) in [6, 6.07) is 0.462. The van der Waals surface area contributed by atoms with Gasteiger partial charge in [-0.15, -0.1) is 0 Å². The second kappa shape index (κ2) is 3.66. The predicted octanol–water partition coefficient (Wildman–Crippen LogP) is 3.90. The molecule has 0 aromatic heterocycles. The van der Waals surface area contributed by atoms with Gasteiger partial charge in [-0.3, -0.25) is 0 Å². The van der Waals surface area contributed by atoms with Crippen molar-refractivity contribution in [3.05, 3.63) is 27.5 Å². The van der Waals surface area contributed by atoms with E-state index in [4.69, 9.17) is 12.2 Å². The van der Waals surface area contributed by atoms with Gasteiger partial charge in [-0.25, -0.2) is 4.39 Å². The number of anilines is 1. The highest BCUT2D eigenvalue weighted by Gasteiger charge is 2.37. The zero-order valence-corrected chi connectivity index (χ0v) is 9.99. The third kappa shape index (κ3) is 1.82. The van der Waals surface area contributed by atoms with Gasteiger partial charge in [0.1, 0.15) is 5.82 Å². The fraction of sp³-hybridized carbons (Fsp3) is 0.222. The van der Waals surface area contributed by atoms with E-state index in [-0.39, 0.29) is 22.1 Å². The lowest BCUT2D eigenvalue weighted by Gasteiger charge is -2.12. The van der Waals surface area contributed by atoms with Crippen LogP contribution in [-0.4, -0.2) is 4.99 Å². The Morgan fingerprint density at radius 2 is 2.00 bits per heavy atom. The highest BCUT2D eigenvalue weighted by atomic mass is 79.9. The molecule has 2 rings (SSSR count). The van der Waals surface area contributed by atoms with Crippen LogP contribution in [0, 0.1) is 5.82 Å². The van der Waals surface area contributed by atoms with Gasteiger partial charge in [0.15, 0.2) is 0 Å². The number of hydrogen-bond donors (Lipinski definition) is 1. The first kappa shape index (κ1) is 11.8. The van der Waals surface area contributed by atoms with Crippen LogP contribution in [0.25, 0.3) is 0 Å². The van der Waals surface area contributed by atoms with E-state index in [9.17, 15) is 17.6 Å². The Bertz CT molecular complexity index is 483. The van der Waals surface area contributed by atoms with Crippen molar-refractivity contribution in [2.75, 3.05) is 5.32 Å². The molecule has 0 aliphatic carbocycles. The van der Waals surface area contributed by atoms with Gasteiger partial charge in [-0.2, -0.15) is 13.2 Å². The fourth-order valence-electron chi connectivity index (χ4n) is 1.53. The first-order chi connectivity index (χ1) is 7.30. The van der Waals surface area contributed by atoms with Gasteiger partial charge >= 0.3 is 6.18 Å². The van der Waals surface area contributed by atoms with E-state index >= 15 is 0 Å². The van der Waals surface area contributed by atoms with Crippen LogP contribution in [-0.2, 0) is 12.6 Å². The molecule has 0 saturated carbocycles. The fourth-order valence-corrected chi connectivity index (χ4v) is 2.45. The Hall–Kier alpha value is -0.690. The Morgan fingerprint density at radius 1 is 1.38 bits per heavy atom. The quantitative estimate of drug-likeness (QED) is 0.576. The minimum Gasteiger partial charge on any atom is -0.347 e. The number of rotatable bonds is 0. The van der Waals surface area contributed by atoms with E-state index in [0.29, 0.717) is 11.1 Å². The topological polar surface area (TPSA) is 12.0 Å². The maximum Gasteiger partial charge on any atom is 0.417 e. The Balaban J connectivity index is 2.67. The van der Waals surface area contributed by atoms with E-state index in [1.807, 2.05) is 0 Å². The molecular formula is C9H4BrF4NS. The Morgan fingerprint density at radius 3 is 2.56 bits per heavy atom. The summed E-state index contributed by atoms with van der Waals surface area (Å²) in [6.07, 6.45) is -4.47. The minimum absolute atomic E-state index is 0.0323. The average molecular weight is 314 g/mol. The van der Waals surface area contributed by atoms with E-state index < -0.39 is 17.6 Å². The molecule has 0 bridgehead atoms. The highest BCUT2D eigenvalue weighted by Crippen LogP contribution is 2.42. The van der Waals surface area contributed by atoms with Crippen LogP contribution in [0.1, 0.15) is 11.1 Å². The van der Waals surface area contributed by atoms with Gasteiger partial charge in [0, 0.05) is 16.5 Å². The van der Waals surface area contributed by atoms with Crippen molar-refractivity contribution in [2.45, 2.75) is 12.6 Å². The zero-order valence-electron chi connectivity index (χ0n) is 7.58. The predicted molar refractivity (Wildman–Crippen MR) is 59.0 cm³/mol. The van der Waals surface area contributed by atoms with Crippen molar-refractivity contribution in [2.24, 2.45) is 0 Å². The number of alkyl halides is 3. The maximum absolute atomic E-state index is 13.4. The number of benzene rings is 1. The van der Waals surface area contributed by atoms with E-state index in [1.165, 1.54) is 0 Å². The van der Waals surface area contributed by atoms with Crippen LogP contribution >= 0.6 is 28.1 Å². The molecule has 1 N–H and O–H groups in total. The summed E-state index contributed by atoms with van der Waals surface area (Å²) in [5.74, 6) is -0.939. The lowest BCUT2D eigenvalue weighted by atomic mass is 10.1. The molecule has 0 fully saturated rings. The Labute approximate surface area is 102 Å². The Kier molecular flexibility index (Phi) is 2.70. The maximum atomic E-state index is 13.4. The molecule has 1 heterocycles. The molecule has 0 atom stereocenters. The van der Waals surface area contributed by atoms with Gasteiger partial charge < -0.3 is 5.32 Å². The van der Waals surface area contributed by atoms with E-state index in [0.717, 1.165) is 0 Å². The molecule has 1 aromatic carbocycles. The lowest BCUT2D eigenvalue weighted by molar-refractivity contribution is -0.138. The molecule has 0 unspecified atom stereocenters. The second-order valence-electron chi connectivity index (χ2n) is 3.30. The number of nitrogens with one attached hydrogen (secondary N) is 1. The van der Waals surface area contributed by atoms with Crippen molar-refractivity contribution in [3.8, 4) is 0 Å². The summed E-state index contributed by atoms with van der Waals surface area (Å²) in [4.78, 5) is 0.314. The number of fused-ring (bicyclic) bond motifs is 1. The van der Waals surface area contributed by atoms with Gasteiger partial charge in [-0.1, -0.05) is 12.2 Å². The van der Waals surface area contributed by atoms with Crippen LogP contribution in [0.5, 0.6) is 0 Å². The average Bonchev–Trinajstić information content (AvgIpc) is 2.52. The summed E-state index contributed by atoms with van der Waals surface area (Å²) < 4.78 is 50.9. The summed E-state index contributed by atoms with van der Waals surface area (Å²) in [5.41, 5.74) is -0.766. The summed E-state index contributed by atoms with van der Waals surface area (Å²) in [7, 11) is 0. The molecule has 1 aliphatic heterocycles. The van der Waals surface area contributed by atoms with Gasteiger partial charge in [-0.05, 0) is 22.0 Å². The molecule has 0 radical (unpaired) electrons. The highest BCUT2D eigenvalue weighted by molar-refractivity contribution is 9.10. The van der Waals surface area contributed by atoms with Crippen LogP contribution in [0.15, 0.2) is 10.5 Å². The summed E-state index contributed by atoms with van der Waals surface area (Å²) in [6.45, 7) is 0. The molecule has 1 nitrogen and oxygen atoms in total. The lowest BCUT2D eigenvalue weighted by Crippen LogP contribution is -2.08. The molecule has 1 aliphatic rings. The normalized spacial score (nSPS) is 14.9. The van der Waals surface area contributed by atoms with E-state index in [1.54, 1.807) is 0 Å². The van der Waals surface area contributed by atoms with Gasteiger partial charge in [0.2, 0.25) is 0 Å². The first-order valence-corrected chi connectivity index (χ1v) is 5.38. The van der Waals surface area contributed by atoms with Gasteiger partial charge in [0.05, 0.1) is 16.2 Å². The minimum atomic E-state index is -4.58. The molecular weight excluding hydrogens is 310 g/mol. The second-order valence-corrected chi connectivity index (χ2v) is 4.58. The molecule has 0 spiro atoms. The molecule has 86 valence electrons. The monoisotopic (exact) mass is 313 g/mol. The third-order valence-corrected chi connectivity index (χ3v) is 3.37. The third-order valence-electron chi connectivity index (χ3n) is 2.22. The number of hydrogen-bond acceptors (Lipinski definition) is 1. The summed E-state index contributed by atoms with van der Waals surface area (Å²) in [5, 5.41) is 2.54. The summed E-state index contributed by atoms with van der Waals surface area (Å²) >= 11 is 7.64. The largest absolute Gasteiger partial charge is 0.417 e. The van der Waals surface area contributed by atoms with Crippen LogP contribution < -0.4 is 5.32 Å². The van der Waals surface area contributed by atoms with Crippen molar-refractivity contribution < 1.29 is 17.6 Å². The SMILES string of the molecule is Fc1cc(C(F)(F)F)c(Br)c2c1NC(=S)C2. The molecule has 1 aromatic rings. The number of halogens is 5. The van der Waals surface area contributed by atoms with Crippen molar-refractivity contribution in [1.82, 2.24) is 0 Å². The smallest absolute Gasteiger partial charge is 0.347 e. The van der Waals surface area contributed by atoms with Gasteiger partial charge in [0.25, 0.3) is 0 Å². The molecule has 0 saturated heterocycles. The van der Waals surface area contributed by atoms with Crippen LogP contribution in [0.3, 0.4) is 0 Å². The molecule has 16 heavy (non-hydrogen) atoms. The standard InChI is InChI=1S/C9H4BrF4NS/c10-7-3-1-6(16)15-8(3)5(11)2-4(7)9(12,13)14/h2H,1H2,(H,15,16). The van der Waals surface area contributed by atoms with Crippen molar-refractivity contribution in [3.63, 3.8) is 0 Å².